The number of halogens is 2. The number of amides is 2. The lowest BCUT2D eigenvalue weighted by molar-refractivity contribution is -0.118. The molecule has 0 spiro atoms. The van der Waals surface area contributed by atoms with E-state index >= 15 is 0 Å². The zero-order valence-electron chi connectivity index (χ0n) is 19.3. The lowest BCUT2D eigenvalue weighted by Crippen LogP contribution is -2.51. The van der Waals surface area contributed by atoms with Crippen LogP contribution in [0.4, 0.5) is 9.18 Å². The Balaban J connectivity index is 1.68. The van der Waals surface area contributed by atoms with Crippen LogP contribution >= 0.6 is 22.6 Å². The van der Waals surface area contributed by atoms with Gasteiger partial charge in [-0.3, -0.25) is 4.79 Å². The number of hydrogen-bond acceptors (Lipinski definition) is 6. The van der Waals surface area contributed by atoms with E-state index in [4.69, 9.17) is 9.47 Å². The first-order valence-corrected chi connectivity index (χ1v) is 12.4. The number of hydrogen-bond donors (Lipinski definition) is 4. The minimum atomic E-state index is -0.927. The van der Waals surface area contributed by atoms with Crippen molar-refractivity contribution < 1.29 is 28.6 Å². The molecule has 3 rings (SSSR count). The summed E-state index contributed by atoms with van der Waals surface area (Å²) in [4.78, 5) is 24.2. The van der Waals surface area contributed by atoms with E-state index in [-0.39, 0.29) is 31.3 Å². The van der Waals surface area contributed by atoms with E-state index in [0.29, 0.717) is 24.4 Å². The Kier molecular flexibility index (Phi) is 10.3. The fraction of sp³-hybridized carbons (Fsp3) is 0.360. The number of carbonyl (C=O) groups is 2. The van der Waals surface area contributed by atoms with Crippen LogP contribution in [0.3, 0.4) is 0 Å². The van der Waals surface area contributed by atoms with E-state index in [1.165, 1.54) is 12.1 Å². The molecule has 0 radical (unpaired) electrons. The Hall–Kier alpha value is -2.70. The van der Waals surface area contributed by atoms with Gasteiger partial charge < -0.3 is 30.5 Å². The van der Waals surface area contributed by atoms with Crippen molar-refractivity contribution in [3.8, 4) is 5.75 Å². The molecule has 3 atom stereocenters. The Bertz CT molecular complexity index is 1030. The molecule has 0 fully saturated rings. The second kappa shape index (κ2) is 13.4. The largest absolute Gasteiger partial charge is 0.482 e. The number of aliphatic hydroxyl groups excluding tert-OH is 1. The van der Waals surface area contributed by atoms with Gasteiger partial charge in [-0.25, -0.2) is 9.18 Å². The molecule has 4 N–H and O–H groups in total. The molecule has 0 aromatic heterocycles. The summed E-state index contributed by atoms with van der Waals surface area (Å²) < 4.78 is 25.2. The molecule has 2 amide bonds. The Morgan fingerprint density at radius 3 is 2.60 bits per heavy atom. The minimum Gasteiger partial charge on any atom is -0.482 e. The molecule has 0 bridgehead atoms. The zero-order chi connectivity index (χ0) is 25.2. The molecule has 2 aromatic rings. The highest BCUT2D eigenvalue weighted by Gasteiger charge is 2.35. The Labute approximate surface area is 217 Å². The summed E-state index contributed by atoms with van der Waals surface area (Å²) in [7, 11) is 0. The van der Waals surface area contributed by atoms with Crippen LogP contribution in [-0.2, 0) is 16.1 Å². The van der Waals surface area contributed by atoms with Crippen molar-refractivity contribution in [3.05, 3.63) is 75.1 Å². The molecule has 0 saturated carbocycles. The average molecular weight is 597 g/mol. The number of benzene rings is 2. The Morgan fingerprint density at radius 1 is 1.14 bits per heavy atom. The molecule has 1 aliphatic carbocycles. The van der Waals surface area contributed by atoms with Crippen LogP contribution in [0.2, 0.25) is 0 Å². The highest BCUT2D eigenvalue weighted by atomic mass is 127. The number of aliphatic hydroxyl groups is 1. The fourth-order valence-corrected chi connectivity index (χ4v) is 4.09. The van der Waals surface area contributed by atoms with Gasteiger partial charge >= 0.3 is 6.09 Å². The van der Waals surface area contributed by atoms with Gasteiger partial charge in [-0.2, -0.15) is 0 Å². The summed E-state index contributed by atoms with van der Waals surface area (Å²) in [6.07, 6.45) is -0.347. The molecule has 35 heavy (non-hydrogen) atoms. The highest BCUT2D eigenvalue weighted by Crippen LogP contribution is 2.27. The van der Waals surface area contributed by atoms with Crippen molar-refractivity contribution in [2.45, 2.75) is 38.1 Å². The molecule has 188 valence electrons. The van der Waals surface area contributed by atoms with Crippen LogP contribution in [0.5, 0.6) is 5.75 Å². The summed E-state index contributed by atoms with van der Waals surface area (Å²) in [6, 6.07) is 13.0. The van der Waals surface area contributed by atoms with E-state index in [9.17, 15) is 19.1 Å². The van der Waals surface area contributed by atoms with Gasteiger partial charge in [-0.15, -0.1) is 0 Å². The second-order valence-corrected chi connectivity index (χ2v) is 9.10. The van der Waals surface area contributed by atoms with Crippen LogP contribution in [-0.4, -0.2) is 55.1 Å². The van der Waals surface area contributed by atoms with E-state index in [0.717, 1.165) is 9.13 Å². The van der Waals surface area contributed by atoms with Gasteiger partial charge in [0.2, 0.25) is 5.91 Å². The normalized spacial score (nSPS) is 19.4. The van der Waals surface area contributed by atoms with Crippen LogP contribution in [0.25, 0.3) is 0 Å². The topological polar surface area (TPSA) is 109 Å². The summed E-state index contributed by atoms with van der Waals surface area (Å²) in [6.45, 7) is 2.79. The summed E-state index contributed by atoms with van der Waals surface area (Å²) in [5.74, 6) is -0.0561. The van der Waals surface area contributed by atoms with Gasteiger partial charge in [-0.05, 0) is 71.8 Å². The zero-order valence-corrected chi connectivity index (χ0v) is 21.5. The molecule has 0 heterocycles. The first-order valence-electron chi connectivity index (χ1n) is 11.3. The van der Waals surface area contributed by atoms with E-state index in [2.05, 4.69) is 38.5 Å². The molecule has 10 heteroatoms. The van der Waals surface area contributed by atoms with Crippen LogP contribution in [0, 0.1) is 9.39 Å². The van der Waals surface area contributed by atoms with Crippen LogP contribution in [0.15, 0.2) is 60.2 Å². The second-order valence-electron chi connectivity index (χ2n) is 7.94. The quantitative estimate of drug-likeness (QED) is 0.248. The maximum atomic E-state index is 13.2. The van der Waals surface area contributed by atoms with E-state index in [1.54, 1.807) is 31.2 Å². The molecular formula is C25H29FIN3O5. The number of alkyl carbamates (subject to hydrolysis) is 1. The minimum absolute atomic E-state index is 0.0296. The smallest absolute Gasteiger partial charge is 0.407 e. The lowest BCUT2D eigenvalue weighted by Gasteiger charge is -2.34. The standard InChI is InChI=1S/C25H29FIN3O5/c1-2-28-25(33)34-12-11-29-24(32)17-13-20(30-15-16-7-9-18(26)10-8-16)23(31)22(14-17)35-21-6-4-3-5-19(21)27/h3-10,14,20,22-23,30-31H,2,11-13,15H2,1H3,(H,28,33)(H,29,32)/t20-,22+,23+/m1/s1. The Morgan fingerprint density at radius 2 is 1.89 bits per heavy atom. The predicted octanol–water partition coefficient (Wildman–Crippen LogP) is 2.89. The van der Waals surface area contributed by atoms with Gasteiger partial charge in [0.25, 0.3) is 0 Å². The van der Waals surface area contributed by atoms with Crippen molar-refractivity contribution in [2.24, 2.45) is 0 Å². The molecule has 0 unspecified atom stereocenters. The van der Waals surface area contributed by atoms with Crippen molar-refractivity contribution in [2.75, 3.05) is 19.7 Å². The molecule has 8 nitrogen and oxygen atoms in total. The number of ether oxygens (including phenoxy) is 2. The van der Waals surface area contributed by atoms with Gasteiger partial charge in [0, 0.05) is 24.7 Å². The molecule has 0 saturated heterocycles. The molecule has 2 aromatic carbocycles. The van der Waals surface area contributed by atoms with Crippen LogP contribution in [0.1, 0.15) is 18.9 Å². The SMILES string of the molecule is CCNC(=O)OCCNC(=O)C1=C[C@H](Oc2ccccc2I)[C@@H](O)[C@H](NCc2ccc(F)cc2)C1. The molecular weight excluding hydrogens is 568 g/mol. The van der Waals surface area contributed by atoms with Gasteiger partial charge in [0.05, 0.1) is 10.1 Å². The predicted molar refractivity (Wildman–Crippen MR) is 137 cm³/mol. The monoisotopic (exact) mass is 597 g/mol. The summed E-state index contributed by atoms with van der Waals surface area (Å²) >= 11 is 2.15. The summed E-state index contributed by atoms with van der Waals surface area (Å²) in [5, 5.41) is 19.6. The van der Waals surface area contributed by atoms with Crippen LogP contribution < -0.4 is 20.7 Å². The van der Waals surface area contributed by atoms with Crippen molar-refractivity contribution in [1.29, 1.82) is 0 Å². The van der Waals surface area contributed by atoms with Gasteiger partial charge in [-0.1, -0.05) is 24.3 Å². The van der Waals surface area contributed by atoms with E-state index < -0.39 is 24.3 Å². The fourth-order valence-electron chi connectivity index (χ4n) is 3.57. The third kappa shape index (κ3) is 8.18. The number of nitrogens with one attached hydrogen (secondary N) is 3. The third-order valence-electron chi connectivity index (χ3n) is 5.37. The third-order valence-corrected chi connectivity index (χ3v) is 6.26. The van der Waals surface area contributed by atoms with Crippen molar-refractivity contribution in [3.63, 3.8) is 0 Å². The highest BCUT2D eigenvalue weighted by molar-refractivity contribution is 14.1. The molecule has 0 aliphatic heterocycles. The maximum absolute atomic E-state index is 13.2. The maximum Gasteiger partial charge on any atom is 0.407 e. The number of carbonyl (C=O) groups excluding carboxylic acids is 2. The van der Waals surface area contributed by atoms with E-state index in [1.807, 2.05) is 18.2 Å². The number of para-hydroxylation sites is 1. The lowest BCUT2D eigenvalue weighted by atomic mass is 9.89. The van der Waals surface area contributed by atoms with Gasteiger partial charge in [0.15, 0.2) is 0 Å². The average Bonchev–Trinajstić information content (AvgIpc) is 2.84. The first kappa shape index (κ1) is 26.9. The first-order chi connectivity index (χ1) is 16.9. The van der Waals surface area contributed by atoms with Gasteiger partial charge in [0.1, 0.15) is 30.4 Å². The number of rotatable bonds is 10. The van der Waals surface area contributed by atoms with Crippen molar-refractivity contribution in [1.82, 2.24) is 16.0 Å². The molecule has 1 aliphatic rings. The van der Waals surface area contributed by atoms with Crippen molar-refractivity contribution >= 4 is 34.6 Å². The summed E-state index contributed by atoms with van der Waals surface area (Å²) in [5.41, 5.74) is 1.29.